The first-order valence-corrected chi connectivity index (χ1v) is 21.4. The van der Waals surface area contributed by atoms with Crippen LogP contribution in [0.2, 0.25) is 0 Å². The number of halogens is 24. The van der Waals surface area contributed by atoms with Gasteiger partial charge in [0.15, 0.2) is 12.4 Å². The van der Waals surface area contributed by atoms with Crippen LogP contribution >= 0.6 is 0 Å². The van der Waals surface area contributed by atoms with Crippen LogP contribution in [0, 0.1) is 10.1 Å². The normalized spacial score (nSPS) is 13.3. The van der Waals surface area contributed by atoms with Crippen LogP contribution in [-0.2, 0) is 56.0 Å². The lowest BCUT2D eigenvalue weighted by molar-refractivity contribution is -0.681. The molecule has 5 nitrogen and oxygen atoms in total. The Bertz CT molecular complexity index is 3000. The highest BCUT2D eigenvalue weighted by atomic mass is 19.4. The number of carbonyl (C=O) groups excluding carboxylic acids is 1. The first kappa shape index (κ1) is 60.4. The molecular formula is C49H25BF24N2O3. The molecule has 0 atom stereocenters. The van der Waals surface area contributed by atoms with E-state index in [0.717, 1.165) is 10.8 Å². The zero-order valence-electron chi connectivity index (χ0n) is 38.3. The lowest BCUT2D eigenvalue weighted by atomic mass is 9.12. The van der Waals surface area contributed by atoms with E-state index in [4.69, 9.17) is 0 Å². The number of carbonyl (C=O) groups is 1. The number of nitro benzene ring substituents is 1. The highest BCUT2D eigenvalue weighted by molar-refractivity contribution is 7.20. The number of nitro groups is 1. The van der Waals surface area contributed by atoms with Crippen molar-refractivity contribution in [3.8, 4) is 0 Å². The second-order valence-corrected chi connectivity index (χ2v) is 17.2. The third-order valence-corrected chi connectivity index (χ3v) is 11.9. The molecule has 0 saturated carbocycles. The quantitative estimate of drug-likeness (QED) is 0.0380. The Morgan fingerprint density at radius 2 is 0.684 bits per heavy atom. The fraction of sp³-hybridized carbons (Fsp3) is 0.184. The molecule has 0 spiro atoms. The van der Waals surface area contributed by atoms with Gasteiger partial charge in [0.25, 0.3) is 5.69 Å². The summed E-state index contributed by atoms with van der Waals surface area (Å²) in [5.41, 5.74) is -29.9. The van der Waals surface area contributed by atoms with Crippen LogP contribution in [0.15, 0.2) is 140 Å². The molecule has 420 valence electrons. The third-order valence-electron chi connectivity index (χ3n) is 11.9. The zero-order chi connectivity index (χ0) is 59.4. The van der Waals surface area contributed by atoms with E-state index in [1.54, 1.807) is 10.6 Å². The zero-order valence-corrected chi connectivity index (χ0v) is 38.3. The van der Waals surface area contributed by atoms with Gasteiger partial charge in [-0.25, -0.2) is 0 Å². The van der Waals surface area contributed by atoms with E-state index >= 15 is 0 Å². The lowest BCUT2D eigenvalue weighted by Crippen LogP contribution is -2.75. The standard InChI is InChI=1S/C32H12BF24.C17H13N2O3/c34-25(35,36)13-1-14(26(37,38)39)6-21(5-13)33(22-7-15(27(40,41)42)2-16(8-22)28(43,44)45,23-9-17(29(46,47)48)3-18(10-23)30(49,50)51)24-11-19(31(52,53)54)4-20(12-24)32(55,56)57;20-17(14-6-3-7-16(10-14)19(21)22)12-18-9-8-13-4-1-2-5-15(13)11-18/h1-12H;1-11H,12H2/q-1;+1. The number of pyridine rings is 1. The number of non-ortho nitro benzene ring substituents is 1. The van der Waals surface area contributed by atoms with E-state index in [1.807, 2.05) is 42.7 Å². The SMILES string of the molecule is FC(F)(F)c1cc([B-](c2cc(C(F)(F)F)cc(C(F)(F)F)c2)(c2cc(C(F)(F)F)cc(C(F)(F)F)c2)c2cc(C(F)(F)F)cc(C(F)(F)F)c2)cc(C(F)(F)F)c1.O=C(C[n+]1ccc2ccccc2c1)c1cccc([N+](=O)[O-])c1. The van der Waals surface area contributed by atoms with Gasteiger partial charge in [0.2, 0.25) is 12.3 Å². The highest BCUT2D eigenvalue weighted by Gasteiger charge is 2.47. The van der Waals surface area contributed by atoms with Gasteiger partial charge in [0, 0.05) is 29.1 Å². The van der Waals surface area contributed by atoms with Crippen molar-refractivity contribution in [1.82, 2.24) is 0 Å². The molecule has 1 heterocycles. The highest BCUT2D eigenvalue weighted by Crippen LogP contribution is 2.41. The van der Waals surface area contributed by atoms with Crippen molar-refractivity contribution in [2.75, 3.05) is 0 Å². The maximum atomic E-state index is 14.2. The van der Waals surface area contributed by atoms with Gasteiger partial charge >= 0.3 is 49.4 Å². The van der Waals surface area contributed by atoms with Gasteiger partial charge in [-0.3, -0.25) is 14.9 Å². The van der Waals surface area contributed by atoms with Crippen molar-refractivity contribution in [2.24, 2.45) is 0 Å². The lowest BCUT2D eigenvalue weighted by Gasteiger charge is -2.46. The summed E-state index contributed by atoms with van der Waals surface area (Å²) in [5.74, 6) is -0.163. The second kappa shape index (κ2) is 20.8. The maximum absolute atomic E-state index is 14.2. The van der Waals surface area contributed by atoms with Gasteiger partial charge in [-0.1, -0.05) is 78.9 Å². The van der Waals surface area contributed by atoms with E-state index in [2.05, 4.69) is 0 Å². The minimum absolute atomic E-state index is 0.0747. The first-order chi connectivity index (χ1) is 35.9. The largest absolute Gasteiger partial charge is 0.416 e. The monoisotopic (exact) mass is 1160 g/mol. The molecule has 0 aliphatic heterocycles. The Morgan fingerprint density at radius 3 is 0.962 bits per heavy atom. The number of nitrogens with zero attached hydrogens (tertiary/aromatic N) is 2. The summed E-state index contributed by atoms with van der Waals surface area (Å²) in [6.07, 6.45) is -51.1. The molecule has 7 rings (SSSR count). The Kier molecular flexibility index (Phi) is 15.9. The smallest absolute Gasteiger partial charge is 0.287 e. The van der Waals surface area contributed by atoms with Crippen molar-refractivity contribution in [2.45, 2.75) is 56.0 Å². The molecule has 30 heteroatoms. The van der Waals surface area contributed by atoms with Crippen LogP contribution in [0.5, 0.6) is 0 Å². The number of fused-ring (bicyclic) bond motifs is 1. The van der Waals surface area contributed by atoms with Crippen LogP contribution in [0.1, 0.15) is 54.9 Å². The summed E-state index contributed by atoms with van der Waals surface area (Å²) < 4.78 is 343. The van der Waals surface area contributed by atoms with Crippen LogP contribution in [-0.4, -0.2) is 16.9 Å². The number of alkyl halides is 24. The molecule has 7 aromatic rings. The fourth-order valence-corrected chi connectivity index (χ4v) is 8.40. The van der Waals surface area contributed by atoms with E-state index < -0.39 is 200 Å². The number of benzene rings is 6. The summed E-state index contributed by atoms with van der Waals surface area (Å²) in [7, 11) is 0. The van der Waals surface area contributed by atoms with Crippen LogP contribution < -0.4 is 26.4 Å². The topological polar surface area (TPSA) is 64.1 Å². The molecule has 0 aliphatic rings. The summed E-state index contributed by atoms with van der Waals surface area (Å²) in [5, 5.41) is 12.9. The van der Waals surface area contributed by atoms with Crippen LogP contribution in [0.3, 0.4) is 0 Å². The molecule has 0 amide bonds. The summed E-state index contributed by atoms with van der Waals surface area (Å²) >= 11 is 0. The number of aromatic nitrogens is 1. The third kappa shape index (κ3) is 13.7. The van der Waals surface area contributed by atoms with Gasteiger partial charge in [0.05, 0.1) is 49.4 Å². The van der Waals surface area contributed by atoms with Crippen LogP contribution in [0.4, 0.5) is 111 Å². The fourth-order valence-electron chi connectivity index (χ4n) is 8.40. The number of Topliss-reactive ketones (excluding diaryl/α,β-unsaturated/α-hetero) is 1. The van der Waals surface area contributed by atoms with Gasteiger partial charge in [0.1, 0.15) is 6.15 Å². The van der Waals surface area contributed by atoms with Crippen LogP contribution in [0.25, 0.3) is 10.8 Å². The van der Waals surface area contributed by atoms with Gasteiger partial charge in [-0.05, 0) is 35.7 Å². The van der Waals surface area contributed by atoms with E-state index in [0.29, 0.717) is 5.56 Å². The number of ketones is 1. The van der Waals surface area contributed by atoms with Gasteiger partial charge in [-0.2, -0.15) is 132 Å². The van der Waals surface area contributed by atoms with Crippen molar-refractivity contribution in [1.29, 1.82) is 0 Å². The number of hydrogen-bond donors (Lipinski definition) is 0. The first-order valence-electron chi connectivity index (χ1n) is 21.4. The Hall–Kier alpha value is -7.82. The Balaban J connectivity index is 0.000000378. The molecule has 0 fully saturated rings. The second-order valence-electron chi connectivity index (χ2n) is 17.2. The predicted molar refractivity (Wildman–Crippen MR) is 232 cm³/mol. The molecule has 1 aromatic heterocycles. The molecule has 0 radical (unpaired) electrons. The molecule has 6 aromatic carbocycles. The number of rotatable bonds is 8. The molecule has 0 bridgehead atoms. The number of hydrogen-bond acceptors (Lipinski definition) is 3. The summed E-state index contributed by atoms with van der Waals surface area (Å²) in [6, 6.07) is 6.81. The van der Waals surface area contributed by atoms with E-state index in [-0.39, 0.29) is 18.0 Å². The minimum Gasteiger partial charge on any atom is -0.287 e. The molecule has 0 saturated heterocycles. The average molecular weight is 1160 g/mol. The summed E-state index contributed by atoms with van der Waals surface area (Å²) in [6.45, 7) is 0.145. The summed E-state index contributed by atoms with van der Waals surface area (Å²) in [4.78, 5) is 22.6. The van der Waals surface area contributed by atoms with Crippen molar-refractivity contribution in [3.05, 3.63) is 200 Å². The molecule has 79 heavy (non-hydrogen) atoms. The van der Waals surface area contributed by atoms with Crippen molar-refractivity contribution >= 4 is 50.2 Å². The minimum atomic E-state index is -6.13. The maximum Gasteiger partial charge on any atom is 0.416 e. The molecular weight excluding hydrogens is 1130 g/mol. The Morgan fingerprint density at radius 1 is 0.392 bits per heavy atom. The molecule has 0 aliphatic carbocycles. The van der Waals surface area contributed by atoms with E-state index in [1.165, 1.54) is 18.2 Å². The Labute approximate surface area is 425 Å². The average Bonchev–Trinajstić information content (AvgIpc) is 3.44. The molecule has 0 unspecified atom stereocenters. The molecule has 0 N–H and O–H groups in total. The van der Waals surface area contributed by atoms with Gasteiger partial charge in [-0.15, -0.1) is 0 Å². The van der Waals surface area contributed by atoms with Gasteiger partial charge < -0.3 is 0 Å². The van der Waals surface area contributed by atoms with Crippen molar-refractivity contribution in [3.63, 3.8) is 0 Å². The van der Waals surface area contributed by atoms with E-state index in [9.17, 15) is 120 Å². The van der Waals surface area contributed by atoms with Crippen molar-refractivity contribution < 1.29 is 120 Å². The predicted octanol–water partition coefficient (Wildman–Crippen LogP) is 14.1.